The molecule has 33 heavy (non-hydrogen) atoms. The SMILES string of the molecule is CCn1c(=O)c2cccn2c2ccc(C(=O)N3CCC(CCCC4CCNCC4)CC3)cc21. The summed E-state index contributed by atoms with van der Waals surface area (Å²) in [5.74, 6) is 1.75. The molecule has 0 saturated carbocycles. The minimum atomic E-state index is -0.00935. The molecular weight excluding hydrogens is 412 g/mol. The molecule has 2 aliphatic rings. The van der Waals surface area contributed by atoms with Crippen LogP contribution in [-0.2, 0) is 6.54 Å². The molecule has 2 aliphatic heterocycles. The van der Waals surface area contributed by atoms with Crippen LogP contribution in [0.3, 0.4) is 0 Å². The zero-order chi connectivity index (χ0) is 22.8. The van der Waals surface area contributed by atoms with Crippen LogP contribution in [0.1, 0.15) is 62.2 Å². The number of carbonyl (C=O) groups is 1. The third kappa shape index (κ3) is 4.45. The van der Waals surface area contributed by atoms with Gasteiger partial charge in [0.1, 0.15) is 5.52 Å². The van der Waals surface area contributed by atoms with Gasteiger partial charge < -0.3 is 19.2 Å². The van der Waals surface area contributed by atoms with Gasteiger partial charge in [-0.15, -0.1) is 0 Å². The van der Waals surface area contributed by atoms with Gasteiger partial charge in [-0.25, -0.2) is 0 Å². The fourth-order valence-electron chi connectivity index (χ4n) is 5.88. The minimum Gasteiger partial charge on any atom is -0.339 e. The summed E-state index contributed by atoms with van der Waals surface area (Å²) in [7, 11) is 0. The summed E-state index contributed by atoms with van der Waals surface area (Å²) < 4.78 is 3.70. The number of aromatic nitrogens is 2. The van der Waals surface area contributed by atoms with Crippen LogP contribution < -0.4 is 10.9 Å². The highest BCUT2D eigenvalue weighted by atomic mass is 16.2. The van der Waals surface area contributed by atoms with Crippen molar-refractivity contribution < 1.29 is 4.79 Å². The van der Waals surface area contributed by atoms with E-state index in [1.54, 1.807) is 4.57 Å². The lowest BCUT2D eigenvalue weighted by molar-refractivity contribution is 0.0685. The van der Waals surface area contributed by atoms with Gasteiger partial charge in [0.05, 0.1) is 11.0 Å². The van der Waals surface area contributed by atoms with Crippen LogP contribution in [0.5, 0.6) is 0 Å². The first-order chi connectivity index (χ1) is 16.2. The van der Waals surface area contributed by atoms with Crippen LogP contribution >= 0.6 is 0 Å². The number of carbonyl (C=O) groups excluding carboxylic acids is 1. The van der Waals surface area contributed by atoms with Crippen LogP contribution in [0.25, 0.3) is 16.6 Å². The summed E-state index contributed by atoms with van der Waals surface area (Å²) in [4.78, 5) is 28.2. The van der Waals surface area contributed by atoms with E-state index < -0.39 is 0 Å². The summed E-state index contributed by atoms with van der Waals surface area (Å²) in [6, 6.07) is 9.55. The lowest BCUT2D eigenvalue weighted by atomic mass is 9.87. The Labute approximate surface area is 195 Å². The average Bonchev–Trinajstić information content (AvgIpc) is 3.35. The number of likely N-dealkylation sites (tertiary alicyclic amines) is 1. The normalized spacial score (nSPS) is 18.4. The second-order valence-electron chi connectivity index (χ2n) is 9.88. The van der Waals surface area contributed by atoms with Crippen molar-refractivity contribution in [2.24, 2.45) is 11.8 Å². The summed E-state index contributed by atoms with van der Waals surface area (Å²) in [5, 5.41) is 3.45. The molecule has 1 amide bonds. The largest absolute Gasteiger partial charge is 0.339 e. The van der Waals surface area contributed by atoms with E-state index in [1.165, 1.54) is 45.2 Å². The van der Waals surface area contributed by atoms with E-state index in [9.17, 15) is 9.59 Å². The van der Waals surface area contributed by atoms with Gasteiger partial charge in [-0.1, -0.05) is 19.3 Å². The van der Waals surface area contributed by atoms with Crippen molar-refractivity contribution in [3.63, 3.8) is 0 Å². The Morgan fingerprint density at radius 3 is 2.42 bits per heavy atom. The third-order valence-electron chi connectivity index (χ3n) is 7.89. The van der Waals surface area contributed by atoms with Crippen LogP contribution in [0.2, 0.25) is 0 Å². The van der Waals surface area contributed by atoms with E-state index in [4.69, 9.17) is 0 Å². The third-order valence-corrected chi connectivity index (χ3v) is 7.89. The van der Waals surface area contributed by atoms with E-state index >= 15 is 0 Å². The molecule has 2 fully saturated rings. The molecule has 0 spiro atoms. The van der Waals surface area contributed by atoms with Crippen molar-refractivity contribution in [1.29, 1.82) is 0 Å². The molecule has 6 nitrogen and oxygen atoms in total. The number of benzene rings is 1. The van der Waals surface area contributed by atoms with E-state index in [0.29, 0.717) is 17.6 Å². The number of rotatable bonds is 6. The number of nitrogens with one attached hydrogen (secondary N) is 1. The van der Waals surface area contributed by atoms with Crippen LogP contribution in [0.15, 0.2) is 41.3 Å². The van der Waals surface area contributed by atoms with E-state index in [-0.39, 0.29) is 11.5 Å². The molecule has 4 heterocycles. The highest BCUT2D eigenvalue weighted by molar-refractivity contribution is 5.97. The van der Waals surface area contributed by atoms with E-state index in [1.807, 2.05) is 52.8 Å². The Balaban J connectivity index is 1.24. The fourth-order valence-corrected chi connectivity index (χ4v) is 5.88. The Hall–Kier alpha value is -2.60. The van der Waals surface area contributed by atoms with Crippen LogP contribution in [-0.4, -0.2) is 46.0 Å². The maximum Gasteiger partial charge on any atom is 0.275 e. The van der Waals surface area contributed by atoms with Crippen molar-refractivity contribution in [2.75, 3.05) is 26.2 Å². The molecule has 1 aromatic carbocycles. The predicted octanol–water partition coefficient (Wildman–Crippen LogP) is 4.30. The lowest BCUT2D eigenvalue weighted by Gasteiger charge is -2.32. The van der Waals surface area contributed by atoms with Crippen molar-refractivity contribution >= 4 is 22.5 Å². The second-order valence-corrected chi connectivity index (χ2v) is 9.88. The molecule has 0 aliphatic carbocycles. The Kier molecular flexibility index (Phi) is 6.54. The standard InChI is InChI=1S/C27H36N4O2/c1-2-30-25-19-22(8-9-23(25)31-16-4-7-24(31)27(30)33)26(32)29-17-12-21(13-18-29)6-3-5-20-10-14-28-15-11-20/h4,7-9,16,19-21,28H,2-3,5-6,10-15,17-18H2,1H3. The fraction of sp³-hybridized carbons (Fsp3) is 0.556. The smallest absolute Gasteiger partial charge is 0.275 e. The summed E-state index contributed by atoms with van der Waals surface area (Å²) in [5.41, 5.74) is 3.13. The van der Waals surface area contributed by atoms with Gasteiger partial charge in [-0.3, -0.25) is 9.59 Å². The number of nitrogens with zero attached hydrogens (tertiary/aromatic N) is 3. The highest BCUT2D eigenvalue weighted by Crippen LogP contribution is 2.27. The molecule has 5 rings (SSSR count). The van der Waals surface area contributed by atoms with E-state index in [0.717, 1.165) is 48.8 Å². The first kappa shape index (κ1) is 22.2. The zero-order valence-electron chi connectivity index (χ0n) is 19.8. The zero-order valence-corrected chi connectivity index (χ0v) is 19.8. The number of amides is 1. The summed E-state index contributed by atoms with van der Waals surface area (Å²) in [6.45, 7) is 6.61. The van der Waals surface area contributed by atoms with Gasteiger partial charge in [0.2, 0.25) is 0 Å². The van der Waals surface area contributed by atoms with Crippen molar-refractivity contribution in [3.05, 3.63) is 52.4 Å². The number of hydrogen-bond donors (Lipinski definition) is 1. The number of fused-ring (bicyclic) bond motifs is 3. The second kappa shape index (κ2) is 9.72. The van der Waals surface area contributed by atoms with Gasteiger partial charge in [-0.05, 0) is 87.9 Å². The predicted molar refractivity (Wildman–Crippen MR) is 133 cm³/mol. The minimum absolute atomic E-state index is 0.00935. The van der Waals surface area contributed by atoms with Gasteiger partial charge in [0.25, 0.3) is 11.5 Å². The van der Waals surface area contributed by atoms with E-state index in [2.05, 4.69) is 5.32 Å². The molecule has 0 bridgehead atoms. The van der Waals surface area contributed by atoms with Crippen molar-refractivity contribution in [3.8, 4) is 0 Å². The molecule has 0 radical (unpaired) electrons. The summed E-state index contributed by atoms with van der Waals surface area (Å²) >= 11 is 0. The lowest BCUT2D eigenvalue weighted by Crippen LogP contribution is -2.38. The quantitative estimate of drug-likeness (QED) is 0.612. The van der Waals surface area contributed by atoms with Crippen LogP contribution in [0, 0.1) is 11.8 Å². The number of hydrogen-bond acceptors (Lipinski definition) is 3. The topological polar surface area (TPSA) is 58.8 Å². The molecule has 0 unspecified atom stereocenters. The molecule has 6 heteroatoms. The maximum atomic E-state index is 13.3. The first-order valence-corrected chi connectivity index (χ1v) is 12.8. The van der Waals surface area contributed by atoms with Gasteiger partial charge in [0, 0.05) is 31.4 Å². The Morgan fingerprint density at radius 2 is 1.70 bits per heavy atom. The maximum absolute atomic E-state index is 13.3. The highest BCUT2D eigenvalue weighted by Gasteiger charge is 2.24. The molecule has 3 aromatic rings. The van der Waals surface area contributed by atoms with Gasteiger partial charge in [-0.2, -0.15) is 0 Å². The Bertz CT molecular complexity index is 1180. The monoisotopic (exact) mass is 448 g/mol. The van der Waals surface area contributed by atoms with Crippen molar-refractivity contribution in [1.82, 2.24) is 19.2 Å². The molecule has 2 aromatic heterocycles. The number of piperidine rings is 2. The van der Waals surface area contributed by atoms with Crippen molar-refractivity contribution in [2.45, 2.75) is 58.4 Å². The first-order valence-electron chi connectivity index (χ1n) is 12.8. The van der Waals surface area contributed by atoms with Crippen LogP contribution in [0.4, 0.5) is 0 Å². The van der Waals surface area contributed by atoms with Gasteiger partial charge >= 0.3 is 0 Å². The number of aryl methyl sites for hydroxylation is 1. The molecule has 0 atom stereocenters. The molecular formula is C27H36N4O2. The molecule has 2 saturated heterocycles. The average molecular weight is 449 g/mol. The van der Waals surface area contributed by atoms with Gasteiger partial charge in [0.15, 0.2) is 0 Å². The molecule has 176 valence electrons. The summed E-state index contributed by atoms with van der Waals surface area (Å²) in [6.07, 6.45) is 10.8. The molecule has 1 N–H and O–H groups in total. The Morgan fingerprint density at radius 1 is 0.970 bits per heavy atom.